The van der Waals surface area contributed by atoms with Gasteiger partial charge in [-0.25, -0.2) is 0 Å². The molecule has 0 atom stereocenters. The normalized spacial score (nSPS) is 19.8. The summed E-state index contributed by atoms with van der Waals surface area (Å²) in [4.78, 5) is 7.12. The van der Waals surface area contributed by atoms with Crippen LogP contribution in [0.5, 0.6) is 0 Å². The van der Waals surface area contributed by atoms with Crippen LogP contribution in [0.1, 0.15) is 43.2 Å². The Hall–Kier alpha value is -2.38. The Kier molecular flexibility index (Phi) is 7.59. The highest BCUT2D eigenvalue weighted by Crippen LogP contribution is 2.33. The third-order valence-electron chi connectivity index (χ3n) is 6.61. The van der Waals surface area contributed by atoms with Gasteiger partial charge in [0.15, 0.2) is 5.96 Å². The van der Waals surface area contributed by atoms with Gasteiger partial charge in [0.1, 0.15) is 0 Å². The smallest absolute Gasteiger partial charge is 0.191 e. The molecule has 7 nitrogen and oxygen atoms in total. The number of aromatic nitrogens is 2. The lowest BCUT2D eigenvalue weighted by atomic mass is 9.80. The molecular formula is C24H36N6O. The van der Waals surface area contributed by atoms with Crippen LogP contribution in [0.3, 0.4) is 0 Å². The molecule has 2 fully saturated rings. The van der Waals surface area contributed by atoms with Gasteiger partial charge < -0.3 is 15.4 Å². The summed E-state index contributed by atoms with van der Waals surface area (Å²) < 4.78 is 7.59. The zero-order valence-corrected chi connectivity index (χ0v) is 18.7. The number of morpholine rings is 1. The van der Waals surface area contributed by atoms with Gasteiger partial charge in [0, 0.05) is 50.5 Å². The van der Waals surface area contributed by atoms with Crippen LogP contribution in [-0.2, 0) is 17.8 Å². The minimum Gasteiger partial charge on any atom is -0.379 e. The molecule has 1 aromatic carbocycles. The van der Waals surface area contributed by atoms with Crippen LogP contribution in [0.4, 0.5) is 0 Å². The molecule has 168 valence electrons. The van der Waals surface area contributed by atoms with Crippen LogP contribution in [0.25, 0.3) is 0 Å². The molecule has 4 rings (SSSR count). The largest absolute Gasteiger partial charge is 0.379 e. The van der Waals surface area contributed by atoms with Crippen LogP contribution in [0, 0.1) is 0 Å². The molecule has 7 heteroatoms. The summed E-state index contributed by atoms with van der Waals surface area (Å²) in [6.45, 7) is 6.20. The molecule has 0 bridgehead atoms. The second-order valence-corrected chi connectivity index (χ2v) is 8.70. The van der Waals surface area contributed by atoms with Crippen molar-refractivity contribution in [3.63, 3.8) is 0 Å². The monoisotopic (exact) mass is 424 g/mol. The van der Waals surface area contributed by atoms with Gasteiger partial charge in [-0.2, -0.15) is 5.10 Å². The molecule has 0 radical (unpaired) electrons. The Morgan fingerprint density at radius 1 is 1.06 bits per heavy atom. The lowest BCUT2D eigenvalue weighted by molar-refractivity contribution is -0.0352. The van der Waals surface area contributed by atoms with Gasteiger partial charge in [-0.15, -0.1) is 0 Å². The maximum atomic E-state index is 5.60. The molecule has 2 aromatic rings. The topological polar surface area (TPSA) is 66.7 Å². The van der Waals surface area contributed by atoms with Crippen LogP contribution in [-0.4, -0.2) is 66.1 Å². The van der Waals surface area contributed by atoms with E-state index >= 15 is 0 Å². The van der Waals surface area contributed by atoms with Crippen molar-refractivity contribution < 1.29 is 4.74 Å². The lowest BCUT2D eigenvalue weighted by Gasteiger charge is -2.48. The fraction of sp³-hybridized carbons (Fsp3) is 0.583. The van der Waals surface area contributed by atoms with Crippen molar-refractivity contribution in [3.05, 3.63) is 53.9 Å². The molecule has 1 saturated heterocycles. The van der Waals surface area contributed by atoms with Crippen molar-refractivity contribution >= 4 is 5.96 Å². The van der Waals surface area contributed by atoms with Gasteiger partial charge in [0.25, 0.3) is 0 Å². The summed E-state index contributed by atoms with van der Waals surface area (Å²) >= 11 is 0. The number of ether oxygens (including phenoxy) is 1. The highest BCUT2D eigenvalue weighted by atomic mass is 16.5. The van der Waals surface area contributed by atoms with Crippen molar-refractivity contribution in [2.45, 2.75) is 50.7 Å². The number of hydrogen-bond acceptors (Lipinski definition) is 4. The molecule has 0 spiro atoms. The third-order valence-corrected chi connectivity index (χ3v) is 6.61. The Labute approximate surface area is 185 Å². The fourth-order valence-corrected chi connectivity index (χ4v) is 4.86. The van der Waals surface area contributed by atoms with Crippen molar-refractivity contribution in [2.24, 2.45) is 4.99 Å². The maximum Gasteiger partial charge on any atom is 0.191 e. The van der Waals surface area contributed by atoms with Gasteiger partial charge in [-0.1, -0.05) is 49.6 Å². The second-order valence-electron chi connectivity index (χ2n) is 8.70. The third kappa shape index (κ3) is 5.86. The van der Waals surface area contributed by atoms with Gasteiger partial charge in [0.2, 0.25) is 0 Å². The van der Waals surface area contributed by atoms with E-state index in [9.17, 15) is 0 Å². The van der Waals surface area contributed by atoms with Gasteiger partial charge >= 0.3 is 0 Å². The Morgan fingerprint density at radius 3 is 2.58 bits per heavy atom. The first-order chi connectivity index (χ1) is 15.3. The molecule has 1 aromatic heterocycles. The molecule has 2 N–H and O–H groups in total. The predicted molar refractivity (Wildman–Crippen MR) is 124 cm³/mol. The number of nitrogens with zero attached hydrogens (tertiary/aromatic N) is 4. The molecular weight excluding hydrogens is 388 g/mol. The quantitative estimate of drug-likeness (QED) is 0.528. The highest BCUT2D eigenvalue weighted by molar-refractivity contribution is 5.79. The molecule has 2 heterocycles. The Morgan fingerprint density at radius 2 is 1.84 bits per heavy atom. The average Bonchev–Trinajstić information content (AvgIpc) is 3.28. The predicted octanol–water partition coefficient (Wildman–Crippen LogP) is 2.63. The van der Waals surface area contributed by atoms with Crippen LogP contribution >= 0.6 is 0 Å². The number of guanidine groups is 1. The summed E-state index contributed by atoms with van der Waals surface area (Å²) in [6.07, 6.45) is 10.5. The number of benzene rings is 1. The Bertz CT molecular complexity index is 822. The second kappa shape index (κ2) is 10.8. The summed E-state index contributed by atoms with van der Waals surface area (Å²) in [5.41, 5.74) is 2.63. The average molecular weight is 425 g/mol. The van der Waals surface area contributed by atoms with Crippen LogP contribution in [0.15, 0.2) is 47.7 Å². The number of rotatable bonds is 7. The van der Waals surface area contributed by atoms with Gasteiger partial charge in [-0.05, 0) is 18.4 Å². The van der Waals surface area contributed by atoms with E-state index in [2.05, 4.69) is 56.1 Å². The molecule has 0 unspecified atom stereocenters. The SMILES string of the molecule is CN=C(NCc1cnn(Cc2ccccc2)c1)NCC1(N2CCOCC2)CCCCC1. The number of hydrogen-bond donors (Lipinski definition) is 2. The Balaban J connectivity index is 1.30. The van der Waals surface area contributed by atoms with Crippen molar-refractivity contribution in [1.82, 2.24) is 25.3 Å². The minimum absolute atomic E-state index is 0.222. The first-order valence-electron chi connectivity index (χ1n) is 11.6. The van der Waals surface area contributed by atoms with E-state index in [-0.39, 0.29) is 5.54 Å². The summed E-state index contributed by atoms with van der Waals surface area (Å²) in [5, 5.41) is 11.6. The van der Waals surface area contributed by atoms with Crippen molar-refractivity contribution in [2.75, 3.05) is 39.9 Å². The van der Waals surface area contributed by atoms with E-state index in [1.165, 1.54) is 37.7 Å². The lowest BCUT2D eigenvalue weighted by Crippen LogP contribution is -2.60. The maximum absolute atomic E-state index is 5.60. The highest BCUT2D eigenvalue weighted by Gasteiger charge is 2.38. The van der Waals surface area contributed by atoms with Crippen LogP contribution in [0.2, 0.25) is 0 Å². The molecule has 1 saturated carbocycles. The first kappa shape index (κ1) is 21.8. The first-order valence-corrected chi connectivity index (χ1v) is 11.6. The van der Waals surface area contributed by atoms with Crippen molar-refractivity contribution in [3.8, 4) is 0 Å². The standard InChI is InChI=1S/C24H36N6O/c1-25-23(26-16-22-17-28-30(19-22)18-21-8-4-2-5-9-21)27-20-24(10-6-3-7-11-24)29-12-14-31-15-13-29/h2,4-5,8-9,17,19H,3,6-7,10-16,18,20H2,1H3,(H2,25,26,27). The zero-order chi connectivity index (χ0) is 21.4. The number of nitrogens with one attached hydrogen (secondary N) is 2. The van der Waals surface area contributed by atoms with E-state index in [4.69, 9.17) is 4.74 Å². The van der Waals surface area contributed by atoms with E-state index in [0.29, 0.717) is 6.54 Å². The molecule has 1 aliphatic heterocycles. The van der Waals surface area contributed by atoms with E-state index in [1.54, 1.807) is 0 Å². The van der Waals surface area contributed by atoms with E-state index in [1.807, 2.05) is 24.0 Å². The summed E-state index contributed by atoms with van der Waals surface area (Å²) in [6, 6.07) is 10.4. The molecule has 2 aliphatic rings. The summed E-state index contributed by atoms with van der Waals surface area (Å²) in [5.74, 6) is 0.856. The zero-order valence-electron chi connectivity index (χ0n) is 18.7. The molecule has 1 aliphatic carbocycles. The van der Waals surface area contributed by atoms with E-state index in [0.717, 1.165) is 50.9 Å². The number of aliphatic imine (C=N–C) groups is 1. The molecule has 0 amide bonds. The minimum atomic E-state index is 0.222. The van der Waals surface area contributed by atoms with E-state index < -0.39 is 0 Å². The van der Waals surface area contributed by atoms with Gasteiger partial charge in [0.05, 0.1) is 26.0 Å². The molecule has 31 heavy (non-hydrogen) atoms. The van der Waals surface area contributed by atoms with Gasteiger partial charge in [-0.3, -0.25) is 14.6 Å². The fourth-order valence-electron chi connectivity index (χ4n) is 4.86. The summed E-state index contributed by atoms with van der Waals surface area (Å²) in [7, 11) is 1.84. The van der Waals surface area contributed by atoms with Crippen LogP contribution < -0.4 is 10.6 Å². The van der Waals surface area contributed by atoms with Crippen molar-refractivity contribution in [1.29, 1.82) is 0 Å².